The van der Waals surface area contributed by atoms with E-state index in [2.05, 4.69) is 28.8 Å². The van der Waals surface area contributed by atoms with Gasteiger partial charge in [0.25, 0.3) is 5.56 Å². The predicted molar refractivity (Wildman–Crippen MR) is 103 cm³/mol. The maximum Gasteiger partial charge on any atom is 0.261 e. The first-order valence-corrected chi connectivity index (χ1v) is 9.78. The molecule has 1 aliphatic rings. The van der Waals surface area contributed by atoms with Crippen LogP contribution >= 0.6 is 0 Å². The van der Waals surface area contributed by atoms with Gasteiger partial charge in [0.15, 0.2) is 5.82 Å². The molecule has 0 spiro atoms. The minimum atomic E-state index is -0.780. The van der Waals surface area contributed by atoms with Crippen LogP contribution in [0.5, 0.6) is 0 Å². The van der Waals surface area contributed by atoms with E-state index >= 15 is 0 Å². The third-order valence-corrected chi connectivity index (χ3v) is 5.38. The van der Waals surface area contributed by atoms with Crippen molar-refractivity contribution >= 4 is 10.9 Å². The molecule has 0 amide bonds. The monoisotopic (exact) mass is 378 g/mol. The molecule has 2 aromatic rings. The molecule has 1 saturated heterocycles. The zero-order chi connectivity index (χ0) is 19.6. The van der Waals surface area contributed by atoms with Crippen molar-refractivity contribution < 1.29 is 8.78 Å². The van der Waals surface area contributed by atoms with Gasteiger partial charge in [-0.1, -0.05) is 13.3 Å². The van der Waals surface area contributed by atoms with E-state index in [4.69, 9.17) is 0 Å². The second-order valence-electron chi connectivity index (χ2n) is 7.30. The molecule has 5 nitrogen and oxygen atoms in total. The SMILES string of the molecule is CCC[C@H](c1nc2c(F)cc(F)cc2c(=O)n1CC)N1CCCN(C)CC1. The van der Waals surface area contributed by atoms with Crippen molar-refractivity contribution in [3.8, 4) is 0 Å². The number of hydrogen-bond donors (Lipinski definition) is 0. The average Bonchev–Trinajstić information content (AvgIpc) is 2.85. The molecule has 0 N–H and O–H groups in total. The van der Waals surface area contributed by atoms with Gasteiger partial charge in [-0.3, -0.25) is 14.3 Å². The lowest BCUT2D eigenvalue weighted by molar-refractivity contribution is 0.180. The van der Waals surface area contributed by atoms with Crippen LogP contribution in [0.2, 0.25) is 0 Å². The molecule has 27 heavy (non-hydrogen) atoms. The predicted octanol–water partition coefficient (Wildman–Crippen LogP) is 3.17. The molecule has 0 bridgehead atoms. The minimum Gasteiger partial charge on any atom is -0.305 e. The highest BCUT2D eigenvalue weighted by molar-refractivity contribution is 5.78. The van der Waals surface area contributed by atoms with Gasteiger partial charge in [0.2, 0.25) is 0 Å². The second kappa shape index (κ2) is 8.44. The molecular formula is C20H28F2N4O. The number of rotatable bonds is 5. The Bertz CT molecular complexity index is 867. The van der Waals surface area contributed by atoms with E-state index in [0.717, 1.165) is 57.6 Å². The van der Waals surface area contributed by atoms with E-state index < -0.39 is 11.6 Å². The third kappa shape index (κ3) is 4.04. The number of halogens is 2. The highest BCUT2D eigenvalue weighted by Crippen LogP contribution is 2.27. The standard InChI is InChI=1S/C20H28F2N4O/c1-4-7-17(25-9-6-8-24(3)10-11-25)19-23-18-15(20(27)26(19)5-2)12-14(21)13-16(18)22/h12-13,17H,4-11H2,1-3H3/t17-/m1/s1. The fourth-order valence-corrected chi connectivity index (χ4v) is 3.95. The number of hydrogen-bond acceptors (Lipinski definition) is 4. The Morgan fingerprint density at radius 3 is 2.63 bits per heavy atom. The van der Waals surface area contributed by atoms with E-state index in [1.807, 2.05) is 6.92 Å². The van der Waals surface area contributed by atoms with Crippen LogP contribution in [0.3, 0.4) is 0 Å². The van der Waals surface area contributed by atoms with Crippen molar-refractivity contribution in [3.63, 3.8) is 0 Å². The van der Waals surface area contributed by atoms with E-state index in [1.165, 1.54) is 0 Å². The maximum absolute atomic E-state index is 14.4. The molecular weight excluding hydrogens is 350 g/mol. The van der Waals surface area contributed by atoms with Crippen LogP contribution in [0.4, 0.5) is 8.78 Å². The molecule has 1 aromatic carbocycles. The Balaban J connectivity index is 2.15. The Morgan fingerprint density at radius 1 is 1.15 bits per heavy atom. The van der Waals surface area contributed by atoms with Gasteiger partial charge in [-0.05, 0) is 39.4 Å². The average molecular weight is 378 g/mol. The molecule has 2 heterocycles. The first-order valence-electron chi connectivity index (χ1n) is 9.78. The fraction of sp³-hybridized carbons (Fsp3) is 0.600. The minimum absolute atomic E-state index is 0.00366. The van der Waals surface area contributed by atoms with Gasteiger partial charge in [0.1, 0.15) is 17.2 Å². The smallest absolute Gasteiger partial charge is 0.261 e. The van der Waals surface area contributed by atoms with Crippen LogP contribution in [0.25, 0.3) is 10.9 Å². The number of aromatic nitrogens is 2. The number of nitrogens with zero attached hydrogens (tertiary/aromatic N) is 4. The summed E-state index contributed by atoms with van der Waals surface area (Å²) >= 11 is 0. The molecule has 0 aliphatic carbocycles. The van der Waals surface area contributed by atoms with Crippen molar-refractivity contribution in [2.24, 2.45) is 0 Å². The van der Waals surface area contributed by atoms with Crippen LogP contribution in [-0.4, -0.2) is 52.6 Å². The first kappa shape index (κ1) is 19.9. The zero-order valence-corrected chi connectivity index (χ0v) is 16.3. The van der Waals surface area contributed by atoms with E-state index in [-0.39, 0.29) is 22.5 Å². The largest absolute Gasteiger partial charge is 0.305 e. The van der Waals surface area contributed by atoms with Gasteiger partial charge in [-0.25, -0.2) is 13.8 Å². The summed E-state index contributed by atoms with van der Waals surface area (Å²) < 4.78 is 29.6. The normalized spacial score (nSPS) is 18.0. The molecule has 1 fully saturated rings. The molecule has 0 saturated carbocycles. The van der Waals surface area contributed by atoms with Crippen LogP contribution in [-0.2, 0) is 6.54 Å². The van der Waals surface area contributed by atoms with Crippen LogP contribution in [0.1, 0.15) is 45.0 Å². The summed E-state index contributed by atoms with van der Waals surface area (Å²) in [6.45, 7) is 8.17. The fourth-order valence-electron chi connectivity index (χ4n) is 3.95. The van der Waals surface area contributed by atoms with Gasteiger partial charge in [-0.15, -0.1) is 0 Å². The van der Waals surface area contributed by atoms with Gasteiger partial charge >= 0.3 is 0 Å². The highest BCUT2D eigenvalue weighted by atomic mass is 19.1. The topological polar surface area (TPSA) is 41.4 Å². The van der Waals surface area contributed by atoms with Crippen LogP contribution in [0.15, 0.2) is 16.9 Å². The number of fused-ring (bicyclic) bond motifs is 1. The summed E-state index contributed by atoms with van der Waals surface area (Å²) in [7, 11) is 2.11. The molecule has 1 aliphatic heterocycles. The second-order valence-corrected chi connectivity index (χ2v) is 7.30. The summed E-state index contributed by atoms with van der Waals surface area (Å²) in [6.07, 6.45) is 2.81. The van der Waals surface area contributed by atoms with Crippen LogP contribution in [0, 0.1) is 11.6 Å². The Kier molecular flexibility index (Phi) is 6.22. The maximum atomic E-state index is 14.4. The Hall–Kier alpha value is -1.86. The molecule has 1 atom stereocenters. The molecule has 1 aromatic heterocycles. The van der Waals surface area contributed by atoms with Crippen molar-refractivity contribution in [2.75, 3.05) is 33.2 Å². The van der Waals surface area contributed by atoms with Crippen molar-refractivity contribution in [2.45, 2.75) is 45.7 Å². The summed E-state index contributed by atoms with van der Waals surface area (Å²) in [5, 5.41) is 0.00366. The molecule has 0 radical (unpaired) electrons. The zero-order valence-electron chi connectivity index (χ0n) is 16.3. The van der Waals surface area contributed by atoms with E-state index in [9.17, 15) is 13.6 Å². The third-order valence-electron chi connectivity index (χ3n) is 5.38. The van der Waals surface area contributed by atoms with Gasteiger partial charge in [0.05, 0.1) is 11.4 Å². The molecule has 7 heteroatoms. The van der Waals surface area contributed by atoms with Crippen molar-refractivity contribution in [3.05, 3.63) is 39.9 Å². The first-order chi connectivity index (χ1) is 13.0. The van der Waals surface area contributed by atoms with Gasteiger partial charge < -0.3 is 4.90 Å². The Labute approximate surface area is 158 Å². The van der Waals surface area contributed by atoms with Crippen molar-refractivity contribution in [1.29, 1.82) is 0 Å². The quantitative estimate of drug-likeness (QED) is 0.801. The van der Waals surface area contributed by atoms with Crippen LogP contribution < -0.4 is 5.56 Å². The number of benzene rings is 1. The highest BCUT2D eigenvalue weighted by Gasteiger charge is 2.27. The lowest BCUT2D eigenvalue weighted by Crippen LogP contribution is -2.37. The lowest BCUT2D eigenvalue weighted by atomic mass is 10.1. The lowest BCUT2D eigenvalue weighted by Gasteiger charge is -2.31. The Morgan fingerprint density at radius 2 is 1.93 bits per heavy atom. The summed E-state index contributed by atoms with van der Waals surface area (Å²) in [4.78, 5) is 22.2. The summed E-state index contributed by atoms with van der Waals surface area (Å²) in [5.74, 6) is -0.945. The van der Waals surface area contributed by atoms with E-state index in [1.54, 1.807) is 4.57 Å². The number of likely N-dealkylation sites (N-methyl/N-ethyl adjacent to an activating group) is 1. The van der Waals surface area contributed by atoms with Crippen molar-refractivity contribution in [1.82, 2.24) is 19.4 Å². The molecule has 3 rings (SSSR count). The molecule has 148 valence electrons. The molecule has 0 unspecified atom stereocenters. The van der Waals surface area contributed by atoms with E-state index in [0.29, 0.717) is 12.4 Å². The summed E-state index contributed by atoms with van der Waals surface area (Å²) in [5.41, 5.74) is -0.405. The van der Waals surface area contributed by atoms with Gasteiger partial charge in [-0.2, -0.15) is 0 Å². The van der Waals surface area contributed by atoms with Gasteiger partial charge in [0, 0.05) is 32.2 Å². The summed E-state index contributed by atoms with van der Waals surface area (Å²) in [6, 6.07) is 1.83.